The number of ether oxygens (including phenoxy) is 10. The van der Waals surface area contributed by atoms with Crippen molar-refractivity contribution < 1.29 is 169 Å². The first-order chi connectivity index (χ1) is 35.8. The monoisotopic (exact) mass is 1120 g/mol. The molecule has 5 saturated heterocycles. The molecule has 0 aliphatic carbocycles. The second kappa shape index (κ2) is 27.9. The number of aliphatic carboxylic acids is 1. The quantitative estimate of drug-likeness (QED) is 0.0427. The zero-order chi connectivity index (χ0) is 56.8. The number of rotatable bonds is 24. The number of hydrogen-bond donors (Lipinski definition) is 23. The van der Waals surface area contributed by atoms with Crippen LogP contribution in [0.4, 0.5) is 0 Å². The minimum Gasteiger partial charge on any atom is -0.477 e. The number of nitrogens with one attached hydrogen (secondary N) is 1. The summed E-state index contributed by atoms with van der Waals surface area (Å²) in [7, 11) is 0. The van der Waals surface area contributed by atoms with Crippen LogP contribution in [-0.2, 0) is 57.0 Å². The topological polar surface area (TPSA) is 584 Å². The van der Waals surface area contributed by atoms with E-state index in [0.717, 1.165) is 6.92 Å². The number of carboxylic acid groups (broad SMARTS) is 1. The molecule has 5 aliphatic rings. The van der Waals surface area contributed by atoms with Crippen molar-refractivity contribution in [3.8, 4) is 0 Å². The zero-order valence-electron chi connectivity index (χ0n) is 40.1. The van der Waals surface area contributed by atoms with Crippen LogP contribution in [0, 0.1) is 0 Å². The Morgan fingerprint density at radius 1 is 0.566 bits per heavy atom. The summed E-state index contributed by atoms with van der Waals surface area (Å²) >= 11 is 0. The molecule has 0 bridgehead atoms. The van der Waals surface area contributed by atoms with E-state index in [1.165, 1.54) is 0 Å². The average Bonchev–Trinajstić information content (AvgIpc) is 3.39. The van der Waals surface area contributed by atoms with Gasteiger partial charge in [-0.25, -0.2) is 4.79 Å². The number of aliphatic hydroxyl groups excluding tert-OH is 21. The van der Waals surface area contributed by atoms with Crippen molar-refractivity contribution >= 4 is 11.9 Å². The van der Waals surface area contributed by atoms with Crippen LogP contribution in [0.3, 0.4) is 0 Å². The molecular formula is C41H71NO34. The molecule has 30 atom stereocenters. The van der Waals surface area contributed by atoms with Crippen LogP contribution < -0.4 is 5.32 Å². The van der Waals surface area contributed by atoms with E-state index in [4.69, 9.17) is 47.4 Å². The maximum atomic E-state index is 13.1. The molecule has 5 rings (SSSR count). The van der Waals surface area contributed by atoms with E-state index in [9.17, 15) is 122 Å². The van der Waals surface area contributed by atoms with Gasteiger partial charge in [-0.1, -0.05) is 0 Å². The minimum absolute atomic E-state index is 0.863. The van der Waals surface area contributed by atoms with Crippen LogP contribution in [0.5, 0.6) is 0 Å². The molecule has 5 fully saturated rings. The smallest absolute Gasteiger partial charge is 0.364 e. The second-order valence-electron chi connectivity index (χ2n) is 18.7. The molecule has 0 spiro atoms. The molecule has 0 saturated carbocycles. The van der Waals surface area contributed by atoms with Crippen molar-refractivity contribution in [2.75, 3.05) is 46.2 Å². The largest absolute Gasteiger partial charge is 0.477 e. The highest BCUT2D eigenvalue weighted by atomic mass is 16.8. The summed E-state index contributed by atoms with van der Waals surface area (Å²) in [5.74, 6) is -6.32. The third-order valence-electron chi connectivity index (χ3n) is 13.4. The Labute approximate surface area is 429 Å². The van der Waals surface area contributed by atoms with Crippen LogP contribution in [0.2, 0.25) is 0 Å². The Hall–Kier alpha value is -2.30. The van der Waals surface area contributed by atoms with Crippen molar-refractivity contribution in [2.45, 2.75) is 197 Å². The maximum Gasteiger partial charge on any atom is 0.364 e. The fraction of sp³-hybridized carbons (Fsp3) is 0.951. The molecular weight excluding hydrogens is 1050 g/mol. The van der Waals surface area contributed by atoms with E-state index in [2.05, 4.69) is 5.32 Å². The predicted molar refractivity (Wildman–Crippen MR) is 230 cm³/mol. The molecule has 23 N–H and O–H groups in total. The standard InChI is InChI=1S/C41H71NO34/c1-10(49)42-19-11(50)2-41(40(65)66,75-34(19)21(55)13(52)4-44)76-35-23(57)18(71-39(30(35)64)72-31(14(53)5-45)20(54)12(51)3-43)9-67-36-28(62)25(59)32(16(7-47)69-36)74-38-29(63)26(60)33(17(8-48)70-38)73-37-27(61)24(58)22(56)15(6-46)68-37/h11-39,43-48,50-64H,2-9H2,1H3,(H,42,49)(H,65,66)/t11-,12-,13+,14+,15+,16+,17+,18+,19+,20+,21+,22-,23-,24-,25+,26+,27+,28+,29+,30+,31+,32-,33-,34+,35-,36+,37-,38-,39-,41-/m0/s1. The number of carbonyl (C=O) groups is 2. The third-order valence-corrected chi connectivity index (χ3v) is 13.4. The summed E-state index contributed by atoms with van der Waals surface area (Å²) in [6.07, 6.45) is -59.7. The van der Waals surface area contributed by atoms with Crippen LogP contribution in [0.25, 0.3) is 0 Å². The van der Waals surface area contributed by atoms with Crippen molar-refractivity contribution in [1.29, 1.82) is 0 Å². The van der Waals surface area contributed by atoms with Gasteiger partial charge in [0.25, 0.3) is 5.79 Å². The fourth-order valence-electron chi connectivity index (χ4n) is 9.12. The number of hydrogen-bond acceptors (Lipinski definition) is 33. The highest BCUT2D eigenvalue weighted by Gasteiger charge is 2.61. The maximum absolute atomic E-state index is 13.1. The molecule has 76 heavy (non-hydrogen) atoms. The molecule has 0 unspecified atom stereocenters. The van der Waals surface area contributed by atoms with Crippen molar-refractivity contribution in [2.24, 2.45) is 0 Å². The summed E-state index contributed by atoms with van der Waals surface area (Å²) in [5, 5.41) is 234. The Kier molecular flexibility index (Phi) is 23.7. The first-order valence-corrected chi connectivity index (χ1v) is 23.7. The highest BCUT2D eigenvalue weighted by molar-refractivity contribution is 5.76. The molecule has 35 nitrogen and oxygen atoms in total. The first-order valence-electron chi connectivity index (χ1n) is 23.7. The molecule has 0 aromatic carbocycles. The van der Waals surface area contributed by atoms with Crippen LogP contribution in [-0.4, -0.2) is 354 Å². The van der Waals surface area contributed by atoms with Crippen LogP contribution in [0.15, 0.2) is 0 Å². The molecule has 0 aromatic heterocycles. The van der Waals surface area contributed by atoms with Gasteiger partial charge >= 0.3 is 5.97 Å². The normalized spacial score (nSPS) is 44.8. The molecule has 0 aromatic rings. The lowest BCUT2D eigenvalue weighted by atomic mass is 9.88. The summed E-state index contributed by atoms with van der Waals surface area (Å²) in [4.78, 5) is 25.2. The van der Waals surface area contributed by atoms with Gasteiger partial charge in [0.2, 0.25) is 5.91 Å². The van der Waals surface area contributed by atoms with Gasteiger partial charge in [0.05, 0.1) is 58.4 Å². The van der Waals surface area contributed by atoms with Crippen molar-refractivity contribution in [3.63, 3.8) is 0 Å². The lowest BCUT2D eigenvalue weighted by molar-refractivity contribution is -0.387. The Morgan fingerprint density at radius 3 is 1.55 bits per heavy atom. The van der Waals surface area contributed by atoms with Gasteiger partial charge in [0.15, 0.2) is 25.2 Å². The summed E-state index contributed by atoms with van der Waals surface area (Å²) < 4.78 is 55.8. The minimum atomic E-state index is -3.30. The van der Waals surface area contributed by atoms with E-state index < -0.39 is 248 Å². The molecule has 5 aliphatic heterocycles. The molecule has 1 amide bonds. The highest BCUT2D eigenvalue weighted by Crippen LogP contribution is 2.39. The van der Waals surface area contributed by atoms with E-state index in [-0.39, 0.29) is 0 Å². The molecule has 5 heterocycles. The number of aliphatic hydroxyl groups is 21. The average molecular weight is 1120 g/mol. The Morgan fingerprint density at radius 2 is 1.05 bits per heavy atom. The van der Waals surface area contributed by atoms with Crippen LogP contribution in [0.1, 0.15) is 13.3 Å². The van der Waals surface area contributed by atoms with Gasteiger partial charge in [0.1, 0.15) is 140 Å². The first kappa shape index (κ1) is 64.5. The van der Waals surface area contributed by atoms with Gasteiger partial charge < -0.3 is 165 Å². The van der Waals surface area contributed by atoms with Crippen molar-refractivity contribution in [3.05, 3.63) is 0 Å². The fourth-order valence-corrected chi connectivity index (χ4v) is 9.12. The van der Waals surface area contributed by atoms with Gasteiger partial charge in [-0.3, -0.25) is 4.79 Å². The van der Waals surface area contributed by atoms with Gasteiger partial charge in [0, 0.05) is 13.3 Å². The van der Waals surface area contributed by atoms with E-state index in [0.29, 0.717) is 0 Å². The lowest BCUT2D eigenvalue weighted by Gasteiger charge is -2.50. The number of carbonyl (C=O) groups excluding carboxylic acids is 1. The van der Waals surface area contributed by atoms with Gasteiger partial charge in [-0.2, -0.15) is 0 Å². The molecule has 444 valence electrons. The van der Waals surface area contributed by atoms with Crippen LogP contribution >= 0.6 is 0 Å². The SMILES string of the molecule is CC(=O)N[C@H]1[C@H]([C@H](O)[C@H](O)CO)O[C@@](O[C@H]2[C@@H](O)[C@@H](CO[C@@H]3O[C@H](CO)[C@H](O[C@@H]4O[C@H](CO)[C@H](O[C@@H]5O[C@H](CO)[C@H](O)[C@H](O)[C@H]5O)[C@H](O)[C@H]4O)[C@H](O)[C@H]3O)O[C@@H](O[C@@H]([C@H](O)[C@@H](O)CO)[C@H](O)CO)[C@@H]2O)(C(=O)O)C[C@@H]1O. The third kappa shape index (κ3) is 14.1. The predicted octanol–water partition coefficient (Wildman–Crippen LogP) is -15.1. The van der Waals surface area contributed by atoms with E-state index in [1.807, 2.05) is 0 Å². The number of carboxylic acids is 1. The zero-order valence-corrected chi connectivity index (χ0v) is 40.1. The molecule has 35 heteroatoms. The van der Waals surface area contributed by atoms with Gasteiger partial charge in [-0.05, 0) is 0 Å². The Balaban J connectivity index is 1.38. The van der Waals surface area contributed by atoms with E-state index >= 15 is 0 Å². The van der Waals surface area contributed by atoms with E-state index in [1.54, 1.807) is 0 Å². The summed E-state index contributed by atoms with van der Waals surface area (Å²) in [6.45, 7) is -6.71. The Bertz CT molecular complexity index is 1790. The van der Waals surface area contributed by atoms with Gasteiger partial charge in [-0.15, -0.1) is 0 Å². The molecule has 0 radical (unpaired) electrons. The van der Waals surface area contributed by atoms with Crippen molar-refractivity contribution in [1.82, 2.24) is 5.32 Å². The summed E-state index contributed by atoms with van der Waals surface area (Å²) in [6, 6.07) is -1.72. The summed E-state index contributed by atoms with van der Waals surface area (Å²) in [5.41, 5.74) is 0. The lowest BCUT2D eigenvalue weighted by Crippen LogP contribution is -2.70. The number of amides is 1. The second-order valence-corrected chi connectivity index (χ2v) is 18.7.